The quantitative estimate of drug-likeness (QED) is 0.752. The highest BCUT2D eigenvalue weighted by Gasteiger charge is 2.20. The molecule has 0 radical (unpaired) electrons. The molecular formula is C17H16ClNO6S. The van der Waals surface area contributed by atoms with E-state index < -0.39 is 22.0 Å². The van der Waals surface area contributed by atoms with Crippen molar-refractivity contribution < 1.29 is 27.5 Å². The molecule has 0 saturated heterocycles. The molecule has 0 spiro atoms. The van der Waals surface area contributed by atoms with E-state index in [1.165, 1.54) is 43.5 Å². The average molecular weight is 398 g/mol. The topological polar surface area (TPSA) is 98.8 Å². The van der Waals surface area contributed by atoms with Crippen LogP contribution in [0.1, 0.15) is 27.6 Å². The number of sulfonamides is 1. The van der Waals surface area contributed by atoms with E-state index in [2.05, 4.69) is 9.46 Å². The molecule has 0 aliphatic carbocycles. The van der Waals surface area contributed by atoms with Gasteiger partial charge in [-0.05, 0) is 43.3 Å². The second kappa shape index (κ2) is 8.20. The van der Waals surface area contributed by atoms with Gasteiger partial charge in [0.1, 0.15) is 0 Å². The number of esters is 2. The Hall–Kier alpha value is -2.58. The monoisotopic (exact) mass is 397 g/mol. The van der Waals surface area contributed by atoms with E-state index in [-0.39, 0.29) is 33.3 Å². The molecule has 138 valence electrons. The molecule has 0 aromatic heterocycles. The van der Waals surface area contributed by atoms with E-state index in [4.69, 9.17) is 16.3 Å². The first kappa shape index (κ1) is 19.7. The van der Waals surface area contributed by atoms with Crippen molar-refractivity contribution in [2.24, 2.45) is 0 Å². The predicted octanol–water partition coefficient (Wildman–Crippen LogP) is 3.10. The standard InChI is InChI=1S/C17H16ClNO6S/c1-3-25-16(20)11-5-4-6-12(9-11)19-26(22,23)13-7-8-15(18)14(10-13)17(21)24-2/h4-10,19H,3H2,1-2H3. The summed E-state index contributed by atoms with van der Waals surface area (Å²) >= 11 is 5.90. The summed E-state index contributed by atoms with van der Waals surface area (Å²) in [4.78, 5) is 23.3. The molecule has 0 fully saturated rings. The summed E-state index contributed by atoms with van der Waals surface area (Å²) in [6, 6.07) is 9.53. The molecule has 0 atom stereocenters. The molecule has 1 N–H and O–H groups in total. The number of halogens is 1. The van der Waals surface area contributed by atoms with Gasteiger partial charge >= 0.3 is 11.9 Å². The van der Waals surface area contributed by atoms with Crippen LogP contribution in [0.25, 0.3) is 0 Å². The maximum absolute atomic E-state index is 12.6. The zero-order valence-electron chi connectivity index (χ0n) is 14.0. The number of anilines is 1. The lowest BCUT2D eigenvalue weighted by atomic mass is 10.2. The molecule has 7 nitrogen and oxygen atoms in total. The van der Waals surface area contributed by atoms with Crippen LogP contribution in [-0.4, -0.2) is 34.1 Å². The summed E-state index contributed by atoms with van der Waals surface area (Å²) in [6.07, 6.45) is 0. The third kappa shape index (κ3) is 4.53. The smallest absolute Gasteiger partial charge is 0.339 e. The minimum absolute atomic E-state index is 0.0695. The molecule has 9 heteroatoms. The molecule has 0 saturated carbocycles. The van der Waals surface area contributed by atoms with Gasteiger partial charge in [0.25, 0.3) is 10.0 Å². The highest BCUT2D eigenvalue weighted by atomic mass is 35.5. The Morgan fingerprint density at radius 1 is 1.12 bits per heavy atom. The summed E-state index contributed by atoms with van der Waals surface area (Å²) in [5.74, 6) is -1.32. The average Bonchev–Trinajstić information content (AvgIpc) is 2.61. The van der Waals surface area contributed by atoms with E-state index in [1.807, 2.05) is 0 Å². The van der Waals surface area contributed by atoms with Crippen molar-refractivity contribution in [1.82, 2.24) is 0 Å². The third-order valence-corrected chi connectivity index (χ3v) is 4.99. The lowest BCUT2D eigenvalue weighted by Crippen LogP contribution is -2.15. The maximum atomic E-state index is 12.6. The van der Waals surface area contributed by atoms with Crippen molar-refractivity contribution in [1.29, 1.82) is 0 Å². The molecule has 0 aliphatic rings. The number of benzene rings is 2. The summed E-state index contributed by atoms with van der Waals surface area (Å²) in [5, 5.41) is 0.0695. The van der Waals surface area contributed by atoms with Crippen LogP contribution in [0.2, 0.25) is 5.02 Å². The van der Waals surface area contributed by atoms with Gasteiger partial charge in [-0.2, -0.15) is 0 Å². The SMILES string of the molecule is CCOC(=O)c1cccc(NS(=O)(=O)c2ccc(Cl)c(C(=O)OC)c2)c1. The van der Waals surface area contributed by atoms with Crippen LogP contribution >= 0.6 is 11.6 Å². The van der Waals surface area contributed by atoms with Crippen LogP contribution < -0.4 is 4.72 Å². The molecule has 2 aromatic carbocycles. The number of carbonyl (C=O) groups excluding carboxylic acids is 2. The predicted molar refractivity (Wildman–Crippen MR) is 96.0 cm³/mol. The van der Waals surface area contributed by atoms with Crippen molar-refractivity contribution in [3.05, 3.63) is 58.6 Å². The largest absolute Gasteiger partial charge is 0.465 e. The van der Waals surface area contributed by atoms with Crippen molar-refractivity contribution in [3.63, 3.8) is 0 Å². The van der Waals surface area contributed by atoms with Gasteiger partial charge in [-0.25, -0.2) is 18.0 Å². The van der Waals surface area contributed by atoms with Gasteiger partial charge < -0.3 is 9.47 Å². The van der Waals surface area contributed by atoms with Crippen LogP contribution in [0.5, 0.6) is 0 Å². The number of methoxy groups -OCH3 is 1. The van der Waals surface area contributed by atoms with Gasteiger partial charge in [-0.1, -0.05) is 17.7 Å². The summed E-state index contributed by atoms with van der Waals surface area (Å²) < 4.78 is 36.9. The Bertz CT molecular complexity index is 942. The normalized spacial score (nSPS) is 10.9. The van der Waals surface area contributed by atoms with Crippen LogP contribution in [0, 0.1) is 0 Å². The van der Waals surface area contributed by atoms with Crippen molar-refractivity contribution >= 4 is 39.3 Å². The number of nitrogens with one attached hydrogen (secondary N) is 1. The maximum Gasteiger partial charge on any atom is 0.339 e. The van der Waals surface area contributed by atoms with Gasteiger partial charge in [0.2, 0.25) is 0 Å². The van der Waals surface area contributed by atoms with Gasteiger partial charge in [0, 0.05) is 5.69 Å². The zero-order valence-corrected chi connectivity index (χ0v) is 15.6. The Labute approximate surface area is 155 Å². The van der Waals surface area contributed by atoms with Crippen LogP contribution in [0.4, 0.5) is 5.69 Å². The summed E-state index contributed by atoms with van der Waals surface area (Å²) in [5.41, 5.74) is 0.306. The molecule has 26 heavy (non-hydrogen) atoms. The molecule has 0 unspecified atom stereocenters. The molecule has 0 bridgehead atoms. The number of hydrogen-bond acceptors (Lipinski definition) is 6. The molecular weight excluding hydrogens is 382 g/mol. The van der Waals surface area contributed by atoms with Crippen LogP contribution in [-0.2, 0) is 19.5 Å². The zero-order chi connectivity index (χ0) is 19.3. The Morgan fingerprint density at radius 3 is 2.50 bits per heavy atom. The fraction of sp³-hybridized carbons (Fsp3) is 0.176. The number of ether oxygens (including phenoxy) is 2. The summed E-state index contributed by atoms with van der Waals surface area (Å²) in [7, 11) is -2.85. The number of rotatable bonds is 6. The first-order chi connectivity index (χ1) is 12.3. The van der Waals surface area contributed by atoms with E-state index >= 15 is 0 Å². The first-order valence-corrected chi connectivity index (χ1v) is 9.32. The van der Waals surface area contributed by atoms with Gasteiger partial charge in [0.15, 0.2) is 0 Å². The fourth-order valence-electron chi connectivity index (χ4n) is 2.08. The minimum Gasteiger partial charge on any atom is -0.465 e. The second-order valence-corrected chi connectivity index (χ2v) is 7.13. The lowest BCUT2D eigenvalue weighted by Gasteiger charge is -2.11. The van der Waals surface area contributed by atoms with Gasteiger partial charge in [-0.15, -0.1) is 0 Å². The van der Waals surface area contributed by atoms with E-state index in [1.54, 1.807) is 6.92 Å². The van der Waals surface area contributed by atoms with E-state index in [0.717, 1.165) is 6.07 Å². The van der Waals surface area contributed by atoms with Gasteiger partial charge in [0.05, 0.1) is 34.8 Å². The van der Waals surface area contributed by atoms with Crippen molar-refractivity contribution in [3.8, 4) is 0 Å². The second-order valence-electron chi connectivity index (χ2n) is 5.04. The summed E-state index contributed by atoms with van der Waals surface area (Å²) in [6.45, 7) is 1.87. The van der Waals surface area contributed by atoms with Crippen LogP contribution in [0.3, 0.4) is 0 Å². The fourth-order valence-corrected chi connectivity index (χ4v) is 3.35. The highest BCUT2D eigenvalue weighted by molar-refractivity contribution is 7.92. The molecule has 0 heterocycles. The lowest BCUT2D eigenvalue weighted by molar-refractivity contribution is 0.0525. The highest BCUT2D eigenvalue weighted by Crippen LogP contribution is 2.23. The third-order valence-electron chi connectivity index (χ3n) is 3.28. The minimum atomic E-state index is -4.02. The number of carbonyl (C=O) groups is 2. The molecule has 0 amide bonds. The van der Waals surface area contributed by atoms with Gasteiger partial charge in [-0.3, -0.25) is 4.72 Å². The Kier molecular flexibility index (Phi) is 6.23. The Morgan fingerprint density at radius 2 is 1.85 bits per heavy atom. The van der Waals surface area contributed by atoms with Crippen LogP contribution in [0.15, 0.2) is 47.4 Å². The Balaban J connectivity index is 2.33. The molecule has 2 aromatic rings. The van der Waals surface area contributed by atoms with E-state index in [9.17, 15) is 18.0 Å². The van der Waals surface area contributed by atoms with Crippen molar-refractivity contribution in [2.75, 3.05) is 18.4 Å². The van der Waals surface area contributed by atoms with Crippen molar-refractivity contribution in [2.45, 2.75) is 11.8 Å². The first-order valence-electron chi connectivity index (χ1n) is 7.46. The molecule has 2 rings (SSSR count). The number of hydrogen-bond donors (Lipinski definition) is 1. The molecule has 0 aliphatic heterocycles. The van der Waals surface area contributed by atoms with E-state index in [0.29, 0.717) is 0 Å².